The minimum Gasteiger partial charge on any atom is -0.368 e. The van der Waals surface area contributed by atoms with Crippen molar-refractivity contribution in [1.29, 1.82) is 0 Å². The van der Waals surface area contributed by atoms with Gasteiger partial charge in [-0.2, -0.15) is 0 Å². The van der Waals surface area contributed by atoms with E-state index in [0.29, 0.717) is 5.88 Å². The Morgan fingerprint density at radius 2 is 2.00 bits per heavy atom. The van der Waals surface area contributed by atoms with Crippen LogP contribution in [0.3, 0.4) is 0 Å². The van der Waals surface area contributed by atoms with Crippen LogP contribution in [-0.4, -0.2) is 37.1 Å². The van der Waals surface area contributed by atoms with E-state index < -0.39 is 0 Å². The molecule has 1 aromatic carbocycles. The first kappa shape index (κ1) is 14.0. The zero-order valence-corrected chi connectivity index (χ0v) is 12.7. The van der Waals surface area contributed by atoms with Crippen LogP contribution in [0.15, 0.2) is 18.2 Å². The number of benzene rings is 1. The van der Waals surface area contributed by atoms with Crippen molar-refractivity contribution < 1.29 is 0 Å². The average Bonchev–Trinajstić information content (AvgIpc) is 2.32. The maximum Gasteiger partial charge on any atom is 0.0495 e. The fraction of sp³-hybridized carbons (Fsp3) is 0.571. The van der Waals surface area contributed by atoms with Crippen LogP contribution in [0.2, 0.25) is 5.02 Å². The Labute approximate surface area is 119 Å². The molecule has 0 aliphatic carbocycles. The summed E-state index contributed by atoms with van der Waals surface area (Å²) < 4.78 is 0. The van der Waals surface area contributed by atoms with Crippen molar-refractivity contribution in [2.75, 3.05) is 31.6 Å². The number of halogens is 2. The van der Waals surface area contributed by atoms with Crippen LogP contribution in [0.1, 0.15) is 19.4 Å². The topological polar surface area (TPSA) is 6.48 Å². The van der Waals surface area contributed by atoms with Gasteiger partial charge in [0.25, 0.3) is 0 Å². The summed E-state index contributed by atoms with van der Waals surface area (Å²) in [6.07, 6.45) is 0. The molecule has 1 aliphatic heterocycles. The molecular weight excluding hydrogens is 267 g/mol. The molecule has 18 heavy (non-hydrogen) atoms. The van der Waals surface area contributed by atoms with E-state index in [1.54, 1.807) is 0 Å². The second-order valence-corrected chi connectivity index (χ2v) is 6.27. The number of alkyl halides is 1. The maximum absolute atomic E-state index is 6.03. The molecule has 0 amide bonds. The average molecular weight is 287 g/mol. The summed E-state index contributed by atoms with van der Waals surface area (Å²) in [7, 11) is 2.18. The SMILES string of the molecule is CN1CCN(c2ccc(Cl)cc2CCl)CC1(C)C. The number of hydrogen-bond acceptors (Lipinski definition) is 2. The molecule has 0 aromatic heterocycles. The summed E-state index contributed by atoms with van der Waals surface area (Å²) in [6.45, 7) is 7.66. The van der Waals surface area contributed by atoms with Gasteiger partial charge in [-0.3, -0.25) is 4.90 Å². The number of anilines is 1. The zero-order chi connectivity index (χ0) is 13.3. The van der Waals surface area contributed by atoms with E-state index in [2.05, 4.69) is 36.8 Å². The summed E-state index contributed by atoms with van der Waals surface area (Å²) in [5.41, 5.74) is 2.52. The Hall–Kier alpha value is -0.440. The third-order valence-electron chi connectivity index (χ3n) is 3.84. The zero-order valence-electron chi connectivity index (χ0n) is 11.2. The highest BCUT2D eigenvalue weighted by atomic mass is 35.5. The van der Waals surface area contributed by atoms with Gasteiger partial charge in [0.05, 0.1) is 0 Å². The lowest BCUT2D eigenvalue weighted by Crippen LogP contribution is -2.57. The Balaban J connectivity index is 2.27. The molecule has 1 heterocycles. The lowest BCUT2D eigenvalue weighted by atomic mass is 9.98. The van der Waals surface area contributed by atoms with E-state index in [0.717, 1.165) is 30.2 Å². The van der Waals surface area contributed by atoms with Crippen molar-refractivity contribution in [2.24, 2.45) is 0 Å². The minimum atomic E-state index is 0.182. The van der Waals surface area contributed by atoms with Gasteiger partial charge >= 0.3 is 0 Å². The minimum absolute atomic E-state index is 0.182. The molecule has 100 valence electrons. The van der Waals surface area contributed by atoms with Crippen molar-refractivity contribution >= 4 is 28.9 Å². The van der Waals surface area contributed by atoms with E-state index in [9.17, 15) is 0 Å². The molecule has 1 saturated heterocycles. The van der Waals surface area contributed by atoms with Gasteiger partial charge in [-0.15, -0.1) is 11.6 Å². The second-order valence-electron chi connectivity index (χ2n) is 5.56. The van der Waals surface area contributed by atoms with Crippen LogP contribution in [-0.2, 0) is 5.88 Å². The molecule has 0 unspecified atom stereocenters. The van der Waals surface area contributed by atoms with Crippen molar-refractivity contribution in [3.8, 4) is 0 Å². The predicted molar refractivity (Wildman–Crippen MR) is 79.9 cm³/mol. The van der Waals surface area contributed by atoms with Crippen molar-refractivity contribution in [3.63, 3.8) is 0 Å². The Bertz CT molecular complexity index is 432. The fourth-order valence-electron chi connectivity index (χ4n) is 2.42. The highest BCUT2D eigenvalue weighted by Gasteiger charge is 2.31. The third-order valence-corrected chi connectivity index (χ3v) is 4.37. The van der Waals surface area contributed by atoms with Gasteiger partial charge in [0.2, 0.25) is 0 Å². The highest BCUT2D eigenvalue weighted by Crippen LogP contribution is 2.30. The number of likely N-dealkylation sites (N-methyl/N-ethyl adjacent to an activating group) is 1. The Kier molecular flexibility index (Phi) is 4.10. The van der Waals surface area contributed by atoms with Crippen molar-refractivity contribution in [1.82, 2.24) is 4.90 Å². The molecule has 1 aromatic rings. The van der Waals surface area contributed by atoms with Gasteiger partial charge in [-0.05, 0) is 44.7 Å². The lowest BCUT2D eigenvalue weighted by Gasteiger charge is -2.46. The van der Waals surface area contributed by atoms with Gasteiger partial charge < -0.3 is 4.90 Å². The molecule has 0 N–H and O–H groups in total. The number of nitrogens with zero attached hydrogens (tertiary/aromatic N) is 2. The molecular formula is C14H20Cl2N2. The molecule has 4 heteroatoms. The molecule has 0 saturated carbocycles. The molecule has 1 aliphatic rings. The first-order valence-electron chi connectivity index (χ1n) is 6.24. The van der Waals surface area contributed by atoms with Crippen LogP contribution in [0.4, 0.5) is 5.69 Å². The normalized spacial score (nSPS) is 20.2. The first-order chi connectivity index (χ1) is 8.44. The molecule has 0 atom stereocenters. The number of hydrogen-bond donors (Lipinski definition) is 0. The Morgan fingerprint density at radius 1 is 1.28 bits per heavy atom. The van der Waals surface area contributed by atoms with Crippen LogP contribution >= 0.6 is 23.2 Å². The molecule has 1 fully saturated rings. The molecule has 0 spiro atoms. The van der Waals surface area contributed by atoms with Gasteiger partial charge in [0.15, 0.2) is 0 Å². The smallest absolute Gasteiger partial charge is 0.0495 e. The molecule has 0 bridgehead atoms. The number of rotatable bonds is 2. The predicted octanol–water partition coefficient (Wildman–Crippen LogP) is 3.61. The summed E-state index contributed by atoms with van der Waals surface area (Å²) >= 11 is 12.1. The van der Waals surface area contributed by atoms with E-state index >= 15 is 0 Å². The summed E-state index contributed by atoms with van der Waals surface area (Å²) in [6, 6.07) is 5.99. The first-order valence-corrected chi connectivity index (χ1v) is 7.16. The van der Waals surface area contributed by atoms with E-state index in [1.165, 1.54) is 5.69 Å². The van der Waals surface area contributed by atoms with Crippen LogP contribution < -0.4 is 4.90 Å². The molecule has 2 nitrogen and oxygen atoms in total. The van der Waals surface area contributed by atoms with Gasteiger partial charge in [0, 0.05) is 41.8 Å². The molecule has 2 rings (SSSR count). The lowest BCUT2D eigenvalue weighted by molar-refractivity contribution is 0.139. The standard InChI is InChI=1S/C14H20Cl2N2/c1-14(2)10-18(7-6-17(14)3)13-5-4-12(16)8-11(13)9-15/h4-5,8H,6-7,9-10H2,1-3H3. The quantitative estimate of drug-likeness (QED) is 0.767. The Morgan fingerprint density at radius 3 is 2.61 bits per heavy atom. The maximum atomic E-state index is 6.03. The summed E-state index contributed by atoms with van der Waals surface area (Å²) in [4.78, 5) is 4.81. The molecule has 0 radical (unpaired) electrons. The van der Waals surface area contributed by atoms with Crippen LogP contribution in [0.5, 0.6) is 0 Å². The van der Waals surface area contributed by atoms with Crippen LogP contribution in [0, 0.1) is 0 Å². The van der Waals surface area contributed by atoms with E-state index in [-0.39, 0.29) is 5.54 Å². The number of piperazine rings is 1. The van der Waals surface area contributed by atoms with Gasteiger partial charge in [-0.1, -0.05) is 11.6 Å². The van der Waals surface area contributed by atoms with E-state index in [4.69, 9.17) is 23.2 Å². The van der Waals surface area contributed by atoms with E-state index in [1.807, 2.05) is 12.1 Å². The third kappa shape index (κ3) is 2.76. The summed E-state index contributed by atoms with van der Waals surface area (Å²) in [5.74, 6) is 0.503. The van der Waals surface area contributed by atoms with Crippen molar-refractivity contribution in [3.05, 3.63) is 28.8 Å². The summed E-state index contributed by atoms with van der Waals surface area (Å²) in [5, 5.41) is 0.753. The monoisotopic (exact) mass is 286 g/mol. The highest BCUT2D eigenvalue weighted by molar-refractivity contribution is 6.30. The largest absolute Gasteiger partial charge is 0.368 e. The van der Waals surface area contributed by atoms with Crippen molar-refractivity contribution in [2.45, 2.75) is 25.3 Å². The van der Waals surface area contributed by atoms with Crippen LogP contribution in [0.25, 0.3) is 0 Å². The van der Waals surface area contributed by atoms with Gasteiger partial charge in [-0.25, -0.2) is 0 Å². The van der Waals surface area contributed by atoms with Gasteiger partial charge in [0.1, 0.15) is 0 Å². The fourth-order valence-corrected chi connectivity index (χ4v) is 2.82. The second kappa shape index (κ2) is 5.28.